The van der Waals surface area contributed by atoms with Gasteiger partial charge in [-0.2, -0.15) is 0 Å². The Labute approximate surface area is 147 Å². The number of benzene rings is 1. The number of aromatic carboxylic acids is 2. The number of likely N-dealkylation sites (tertiary alicyclic amines) is 1. The second-order valence-electron chi connectivity index (χ2n) is 6.72. The van der Waals surface area contributed by atoms with Crippen molar-refractivity contribution < 1.29 is 29.3 Å². The molecule has 1 amide bonds. The first-order valence-corrected chi connectivity index (χ1v) is 8.15. The third-order valence-corrected chi connectivity index (χ3v) is 3.36. The van der Waals surface area contributed by atoms with Crippen molar-refractivity contribution in [3.05, 3.63) is 35.4 Å². The Morgan fingerprint density at radius 3 is 1.84 bits per heavy atom. The SMILES string of the molecule is CC(C)(C)OC(=O)N1CCCCC1.O=C(O)c1cccc(C(=O)O)c1. The van der Waals surface area contributed by atoms with Crippen LogP contribution in [0.5, 0.6) is 0 Å². The third-order valence-electron chi connectivity index (χ3n) is 3.36. The maximum absolute atomic E-state index is 11.5. The van der Waals surface area contributed by atoms with Crippen molar-refractivity contribution in [1.29, 1.82) is 0 Å². The van der Waals surface area contributed by atoms with E-state index in [9.17, 15) is 14.4 Å². The van der Waals surface area contributed by atoms with Crippen LogP contribution in [0, 0.1) is 0 Å². The van der Waals surface area contributed by atoms with Crippen molar-refractivity contribution in [2.45, 2.75) is 45.6 Å². The molecule has 0 unspecified atom stereocenters. The van der Waals surface area contributed by atoms with Crippen molar-refractivity contribution in [3.8, 4) is 0 Å². The van der Waals surface area contributed by atoms with E-state index in [1.165, 1.54) is 24.6 Å². The van der Waals surface area contributed by atoms with Crippen LogP contribution in [-0.2, 0) is 4.74 Å². The average molecular weight is 351 g/mol. The van der Waals surface area contributed by atoms with Crippen molar-refractivity contribution in [1.82, 2.24) is 4.90 Å². The molecule has 1 fully saturated rings. The minimum atomic E-state index is -1.13. The van der Waals surface area contributed by atoms with Crippen LogP contribution in [-0.4, -0.2) is 51.8 Å². The predicted octanol–water partition coefficient (Wildman–Crippen LogP) is 3.49. The Bertz CT molecular complexity index is 585. The zero-order chi connectivity index (χ0) is 19.0. The van der Waals surface area contributed by atoms with Gasteiger partial charge in [0.05, 0.1) is 11.1 Å². The number of piperidine rings is 1. The van der Waals surface area contributed by atoms with E-state index in [-0.39, 0.29) is 22.8 Å². The maximum atomic E-state index is 11.5. The molecule has 2 rings (SSSR count). The lowest BCUT2D eigenvalue weighted by molar-refractivity contribution is 0.0215. The highest BCUT2D eigenvalue weighted by Crippen LogP contribution is 2.14. The molecular weight excluding hydrogens is 326 g/mol. The van der Waals surface area contributed by atoms with E-state index in [0.717, 1.165) is 32.0 Å². The second kappa shape index (κ2) is 9.05. The summed E-state index contributed by atoms with van der Waals surface area (Å²) in [5.41, 5.74) is -0.404. The molecule has 1 aromatic carbocycles. The lowest BCUT2D eigenvalue weighted by atomic mass is 10.1. The molecule has 1 aliphatic heterocycles. The molecule has 1 saturated heterocycles. The zero-order valence-electron chi connectivity index (χ0n) is 14.8. The molecule has 2 N–H and O–H groups in total. The Morgan fingerprint density at radius 1 is 0.960 bits per heavy atom. The van der Waals surface area contributed by atoms with E-state index < -0.39 is 11.9 Å². The molecule has 0 aliphatic carbocycles. The number of carbonyl (C=O) groups is 3. The molecule has 7 heteroatoms. The quantitative estimate of drug-likeness (QED) is 0.845. The molecular formula is C18H25NO6. The minimum absolute atomic E-state index is 0.0186. The van der Waals surface area contributed by atoms with Gasteiger partial charge in [0.25, 0.3) is 0 Å². The Morgan fingerprint density at radius 2 is 1.44 bits per heavy atom. The minimum Gasteiger partial charge on any atom is -0.478 e. The molecule has 138 valence electrons. The van der Waals surface area contributed by atoms with Gasteiger partial charge < -0.3 is 19.8 Å². The third kappa shape index (κ3) is 7.69. The summed E-state index contributed by atoms with van der Waals surface area (Å²) < 4.78 is 5.26. The van der Waals surface area contributed by atoms with Crippen LogP contribution in [0.1, 0.15) is 60.7 Å². The van der Waals surface area contributed by atoms with Crippen LogP contribution in [0.15, 0.2) is 24.3 Å². The lowest BCUT2D eigenvalue weighted by Crippen LogP contribution is -2.39. The molecule has 0 spiro atoms. The number of ether oxygens (including phenoxy) is 1. The van der Waals surface area contributed by atoms with Gasteiger partial charge in [0, 0.05) is 13.1 Å². The molecule has 1 aromatic rings. The highest BCUT2D eigenvalue weighted by Gasteiger charge is 2.22. The molecule has 0 bridgehead atoms. The van der Waals surface area contributed by atoms with Crippen molar-refractivity contribution in [3.63, 3.8) is 0 Å². The number of amides is 1. The van der Waals surface area contributed by atoms with Crippen molar-refractivity contribution >= 4 is 18.0 Å². The van der Waals surface area contributed by atoms with E-state index >= 15 is 0 Å². The number of nitrogens with zero attached hydrogens (tertiary/aromatic N) is 1. The molecule has 1 aliphatic rings. The van der Waals surface area contributed by atoms with Gasteiger partial charge in [0.1, 0.15) is 5.60 Å². The summed E-state index contributed by atoms with van der Waals surface area (Å²) in [5.74, 6) is -2.25. The van der Waals surface area contributed by atoms with Gasteiger partial charge in [-0.25, -0.2) is 14.4 Å². The van der Waals surface area contributed by atoms with Crippen LogP contribution in [0.3, 0.4) is 0 Å². The molecule has 0 saturated carbocycles. The van der Waals surface area contributed by atoms with Crippen LogP contribution in [0.2, 0.25) is 0 Å². The fourth-order valence-corrected chi connectivity index (χ4v) is 2.19. The summed E-state index contributed by atoms with van der Waals surface area (Å²) >= 11 is 0. The molecule has 1 heterocycles. The number of carbonyl (C=O) groups excluding carboxylic acids is 1. The number of rotatable bonds is 2. The topological polar surface area (TPSA) is 104 Å². The molecule has 0 atom stereocenters. The first-order chi connectivity index (χ1) is 11.6. The fraction of sp³-hybridized carbons (Fsp3) is 0.500. The number of hydrogen-bond acceptors (Lipinski definition) is 4. The summed E-state index contributed by atoms with van der Waals surface area (Å²) in [6, 6.07) is 5.20. The standard InChI is InChI=1S/C10H19NO2.C8H6O4/c1-10(2,3)13-9(12)11-7-5-4-6-8-11;9-7(10)5-2-1-3-6(4-5)8(11)12/h4-8H2,1-3H3;1-4H,(H,9,10)(H,11,12). The Balaban J connectivity index is 0.000000251. The summed E-state index contributed by atoms with van der Waals surface area (Å²) in [5, 5.41) is 17.0. The van der Waals surface area contributed by atoms with Crippen LogP contribution in [0.25, 0.3) is 0 Å². The Hall–Kier alpha value is -2.57. The maximum Gasteiger partial charge on any atom is 0.410 e. The second-order valence-corrected chi connectivity index (χ2v) is 6.72. The highest BCUT2D eigenvalue weighted by molar-refractivity contribution is 5.93. The van der Waals surface area contributed by atoms with Gasteiger partial charge in [-0.15, -0.1) is 0 Å². The van der Waals surface area contributed by atoms with E-state index in [4.69, 9.17) is 14.9 Å². The van der Waals surface area contributed by atoms with E-state index in [1.54, 1.807) is 4.90 Å². The molecule has 0 aromatic heterocycles. The largest absolute Gasteiger partial charge is 0.478 e. The van der Waals surface area contributed by atoms with Crippen LogP contribution < -0.4 is 0 Å². The molecule has 25 heavy (non-hydrogen) atoms. The zero-order valence-corrected chi connectivity index (χ0v) is 14.8. The van der Waals surface area contributed by atoms with Gasteiger partial charge in [-0.05, 0) is 58.2 Å². The van der Waals surface area contributed by atoms with E-state index in [1.807, 2.05) is 20.8 Å². The van der Waals surface area contributed by atoms with E-state index in [0.29, 0.717) is 0 Å². The summed E-state index contributed by atoms with van der Waals surface area (Å²) in [4.78, 5) is 34.1. The van der Waals surface area contributed by atoms with Gasteiger partial charge in [0.2, 0.25) is 0 Å². The Kier molecular flexibility index (Phi) is 7.42. The number of hydrogen-bond donors (Lipinski definition) is 2. The highest BCUT2D eigenvalue weighted by atomic mass is 16.6. The predicted molar refractivity (Wildman–Crippen MR) is 92.0 cm³/mol. The number of carboxylic acid groups (broad SMARTS) is 2. The van der Waals surface area contributed by atoms with Gasteiger partial charge in [0.15, 0.2) is 0 Å². The van der Waals surface area contributed by atoms with Gasteiger partial charge in [-0.3, -0.25) is 0 Å². The summed E-state index contributed by atoms with van der Waals surface area (Å²) in [6.45, 7) is 7.41. The molecule has 7 nitrogen and oxygen atoms in total. The first-order valence-electron chi connectivity index (χ1n) is 8.15. The fourth-order valence-electron chi connectivity index (χ4n) is 2.19. The van der Waals surface area contributed by atoms with Gasteiger partial charge in [-0.1, -0.05) is 6.07 Å². The monoisotopic (exact) mass is 351 g/mol. The molecule has 0 radical (unpaired) electrons. The van der Waals surface area contributed by atoms with Crippen molar-refractivity contribution in [2.24, 2.45) is 0 Å². The van der Waals surface area contributed by atoms with Gasteiger partial charge >= 0.3 is 18.0 Å². The summed E-state index contributed by atoms with van der Waals surface area (Å²) in [6.07, 6.45) is 3.30. The van der Waals surface area contributed by atoms with Crippen molar-refractivity contribution in [2.75, 3.05) is 13.1 Å². The summed E-state index contributed by atoms with van der Waals surface area (Å²) in [7, 11) is 0. The number of carboxylic acids is 2. The normalized spacial score (nSPS) is 14.1. The van der Waals surface area contributed by atoms with Crippen LogP contribution in [0.4, 0.5) is 4.79 Å². The average Bonchev–Trinajstić information content (AvgIpc) is 2.55. The van der Waals surface area contributed by atoms with Crippen LogP contribution >= 0.6 is 0 Å². The van der Waals surface area contributed by atoms with E-state index in [2.05, 4.69) is 0 Å². The smallest absolute Gasteiger partial charge is 0.410 e. The lowest BCUT2D eigenvalue weighted by Gasteiger charge is -2.29. The first kappa shape index (κ1) is 20.5.